The Morgan fingerprint density at radius 3 is 2.59 bits per heavy atom. The van der Waals surface area contributed by atoms with Crippen LogP contribution in [-0.2, 0) is 16.6 Å². The van der Waals surface area contributed by atoms with Crippen LogP contribution >= 0.6 is 0 Å². The first kappa shape index (κ1) is 14.6. The number of carbonyl (C=O) groups excluding carboxylic acids is 2. The molecule has 0 unspecified atom stereocenters. The Kier molecular flexibility index (Phi) is 3.88. The lowest BCUT2D eigenvalue weighted by atomic mass is 10.2. The van der Waals surface area contributed by atoms with Gasteiger partial charge >= 0.3 is 5.97 Å². The number of para-hydroxylation sites is 1. The summed E-state index contributed by atoms with van der Waals surface area (Å²) in [6.45, 7) is 3.16. The molecule has 0 radical (unpaired) electrons. The summed E-state index contributed by atoms with van der Waals surface area (Å²) >= 11 is 0. The minimum Gasteiger partial charge on any atom is -0.449 e. The molecule has 1 aliphatic heterocycles. The van der Waals surface area contributed by atoms with Crippen LogP contribution in [0.3, 0.4) is 0 Å². The maximum absolute atomic E-state index is 12.4. The van der Waals surface area contributed by atoms with Crippen molar-refractivity contribution in [2.75, 3.05) is 13.1 Å². The molecule has 5 heteroatoms. The largest absolute Gasteiger partial charge is 0.449 e. The summed E-state index contributed by atoms with van der Waals surface area (Å²) in [5, 5.41) is 0.843. The number of ether oxygens (including phenoxy) is 1. The van der Waals surface area contributed by atoms with Gasteiger partial charge in [0.05, 0.1) is 5.56 Å². The molecule has 2 heterocycles. The van der Waals surface area contributed by atoms with E-state index in [1.54, 1.807) is 18.0 Å². The summed E-state index contributed by atoms with van der Waals surface area (Å²) in [5.41, 5.74) is 1.46. The van der Waals surface area contributed by atoms with Crippen molar-refractivity contribution in [1.29, 1.82) is 0 Å². The molecule has 0 spiro atoms. The highest BCUT2D eigenvalue weighted by Gasteiger charge is 2.27. The van der Waals surface area contributed by atoms with Crippen molar-refractivity contribution < 1.29 is 14.3 Å². The van der Waals surface area contributed by atoms with Gasteiger partial charge in [-0.25, -0.2) is 4.79 Å². The topological polar surface area (TPSA) is 51.5 Å². The molecule has 1 aromatic carbocycles. The SMILES string of the molecule is C[C@@H](OC(=O)c1cn(C)c2ccccc12)C(=O)N1CCCC1. The third-order valence-corrected chi connectivity index (χ3v) is 4.17. The minimum atomic E-state index is -0.746. The zero-order chi connectivity index (χ0) is 15.7. The highest BCUT2D eigenvalue weighted by atomic mass is 16.5. The third kappa shape index (κ3) is 2.58. The average molecular weight is 300 g/mol. The van der Waals surface area contributed by atoms with Crippen molar-refractivity contribution in [2.24, 2.45) is 7.05 Å². The molecule has 0 N–H and O–H groups in total. The number of rotatable bonds is 3. The highest BCUT2D eigenvalue weighted by Crippen LogP contribution is 2.21. The molecule has 0 saturated carbocycles. The van der Waals surface area contributed by atoms with E-state index in [1.165, 1.54) is 0 Å². The highest BCUT2D eigenvalue weighted by molar-refractivity contribution is 6.05. The van der Waals surface area contributed by atoms with E-state index in [1.807, 2.05) is 35.9 Å². The molecule has 1 aromatic heterocycles. The summed E-state index contributed by atoms with van der Waals surface area (Å²) in [7, 11) is 1.89. The predicted octanol–water partition coefficient (Wildman–Crippen LogP) is 2.35. The van der Waals surface area contributed by atoms with Crippen LogP contribution in [0.15, 0.2) is 30.5 Å². The van der Waals surface area contributed by atoms with Crippen LogP contribution in [0.2, 0.25) is 0 Å². The number of benzene rings is 1. The molecule has 1 saturated heterocycles. The minimum absolute atomic E-state index is 0.105. The fourth-order valence-corrected chi connectivity index (χ4v) is 2.97. The molecule has 1 aliphatic rings. The van der Waals surface area contributed by atoms with Gasteiger partial charge in [-0.05, 0) is 25.8 Å². The first-order valence-corrected chi connectivity index (χ1v) is 7.62. The number of hydrogen-bond donors (Lipinski definition) is 0. The van der Waals surface area contributed by atoms with Gasteiger partial charge in [0.15, 0.2) is 6.10 Å². The van der Waals surface area contributed by atoms with E-state index >= 15 is 0 Å². The summed E-state index contributed by atoms with van der Waals surface area (Å²) in [5.74, 6) is -0.553. The fourth-order valence-electron chi connectivity index (χ4n) is 2.97. The van der Waals surface area contributed by atoms with Gasteiger partial charge in [0.2, 0.25) is 0 Å². The second kappa shape index (κ2) is 5.83. The summed E-state index contributed by atoms with van der Waals surface area (Å²) in [4.78, 5) is 26.4. The van der Waals surface area contributed by atoms with Gasteiger partial charge in [-0.1, -0.05) is 18.2 Å². The molecular weight excluding hydrogens is 280 g/mol. The number of nitrogens with zero attached hydrogens (tertiary/aromatic N) is 2. The van der Waals surface area contributed by atoms with E-state index in [-0.39, 0.29) is 5.91 Å². The van der Waals surface area contributed by atoms with Crippen molar-refractivity contribution in [2.45, 2.75) is 25.9 Å². The Morgan fingerprint density at radius 2 is 1.86 bits per heavy atom. The number of fused-ring (bicyclic) bond motifs is 1. The maximum atomic E-state index is 12.4. The van der Waals surface area contributed by atoms with E-state index in [9.17, 15) is 9.59 Å². The molecule has 1 fully saturated rings. The molecule has 2 aromatic rings. The van der Waals surface area contributed by atoms with Crippen LogP contribution in [0.4, 0.5) is 0 Å². The zero-order valence-electron chi connectivity index (χ0n) is 12.9. The van der Waals surface area contributed by atoms with E-state index in [2.05, 4.69) is 0 Å². The van der Waals surface area contributed by atoms with Gasteiger partial charge in [-0.3, -0.25) is 4.79 Å². The lowest BCUT2D eigenvalue weighted by molar-refractivity contribution is -0.138. The Labute approximate surface area is 129 Å². The van der Waals surface area contributed by atoms with Crippen molar-refractivity contribution in [3.8, 4) is 0 Å². The van der Waals surface area contributed by atoms with Crippen LogP contribution in [0.5, 0.6) is 0 Å². The summed E-state index contributed by atoms with van der Waals surface area (Å²) < 4.78 is 7.28. The average Bonchev–Trinajstić information content (AvgIpc) is 3.15. The molecule has 5 nitrogen and oxygen atoms in total. The second-order valence-electron chi connectivity index (χ2n) is 5.75. The quantitative estimate of drug-likeness (QED) is 0.818. The Morgan fingerprint density at radius 1 is 1.18 bits per heavy atom. The Hall–Kier alpha value is -2.30. The smallest absolute Gasteiger partial charge is 0.341 e. The van der Waals surface area contributed by atoms with E-state index in [0.717, 1.165) is 36.8 Å². The summed E-state index contributed by atoms with van der Waals surface area (Å²) in [6, 6.07) is 7.65. The molecule has 22 heavy (non-hydrogen) atoms. The van der Waals surface area contributed by atoms with Crippen LogP contribution in [0, 0.1) is 0 Å². The molecule has 0 bridgehead atoms. The van der Waals surface area contributed by atoms with E-state index in [4.69, 9.17) is 4.74 Å². The van der Waals surface area contributed by atoms with Gasteiger partial charge in [0.25, 0.3) is 5.91 Å². The van der Waals surface area contributed by atoms with Crippen molar-refractivity contribution in [3.05, 3.63) is 36.0 Å². The zero-order valence-corrected chi connectivity index (χ0v) is 12.9. The molecule has 0 aliphatic carbocycles. The molecule has 3 rings (SSSR count). The number of esters is 1. The number of aromatic nitrogens is 1. The van der Waals surface area contributed by atoms with Crippen LogP contribution < -0.4 is 0 Å². The van der Waals surface area contributed by atoms with E-state index in [0.29, 0.717) is 5.56 Å². The maximum Gasteiger partial charge on any atom is 0.341 e. The Balaban J connectivity index is 1.77. The predicted molar refractivity (Wildman–Crippen MR) is 83.6 cm³/mol. The molecule has 1 atom stereocenters. The van der Waals surface area contributed by atoms with Gasteiger partial charge in [-0.15, -0.1) is 0 Å². The Bertz CT molecular complexity index is 714. The fraction of sp³-hybridized carbons (Fsp3) is 0.412. The van der Waals surface area contributed by atoms with Gasteiger partial charge in [0, 0.05) is 37.2 Å². The number of carbonyl (C=O) groups is 2. The first-order chi connectivity index (χ1) is 10.6. The van der Waals surface area contributed by atoms with Crippen LogP contribution in [-0.4, -0.2) is 40.5 Å². The van der Waals surface area contributed by atoms with Crippen LogP contribution in [0.1, 0.15) is 30.1 Å². The number of aryl methyl sites for hydroxylation is 1. The second-order valence-corrected chi connectivity index (χ2v) is 5.75. The lowest BCUT2D eigenvalue weighted by Gasteiger charge is -2.20. The summed E-state index contributed by atoms with van der Waals surface area (Å²) in [6.07, 6.45) is 3.05. The number of likely N-dealkylation sites (tertiary alicyclic amines) is 1. The third-order valence-electron chi connectivity index (χ3n) is 4.17. The van der Waals surface area contributed by atoms with Gasteiger partial charge in [-0.2, -0.15) is 0 Å². The lowest BCUT2D eigenvalue weighted by Crippen LogP contribution is -2.38. The van der Waals surface area contributed by atoms with Crippen molar-refractivity contribution in [3.63, 3.8) is 0 Å². The normalized spacial score (nSPS) is 16.0. The number of amides is 1. The monoisotopic (exact) mass is 300 g/mol. The standard InChI is InChI=1S/C17H20N2O3/c1-12(16(20)19-9-5-6-10-19)22-17(21)14-11-18(2)15-8-4-3-7-13(14)15/h3-4,7-8,11-12H,5-6,9-10H2,1-2H3/t12-/m1/s1. The van der Waals surface area contributed by atoms with Crippen LogP contribution in [0.25, 0.3) is 10.9 Å². The number of hydrogen-bond acceptors (Lipinski definition) is 3. The first-order valence-electron chi connectivity index (χ1n) is 7.62. The molecule has 116 valence electrons. The van der Waals surface area contributed by atoms with E-state index < -0.39 is 12.1 Å². The molecule has 1 amide bonds. The van der Waals surface area contributed by atoms with Gasteiger partial charge in [0.1, 0.15) is 0 Å². The van der Waals surface area contributed by atoms with Crippen molar-refractivity contribution >= 4 is 22.8 Å². The molecular formula is C17H20N2O3. The van der Waals surface area contributed by atoms with Crippen molar-refractivity contribution in [1.82, 2.24) is 9.47 Å². The van der Waals surface area contributed by atoms with Gasteiger partial charge < -0.3 is 14.2 Å².